The number of hydrogen-bond acceptors (Lipinski definition) is 5. The molecule has 1 heterocycles. The van der Waals surface area contributed by atoms with E-state index in [1.165, 1.54) is 5.56 Å². The molecule has 31 heavy (non-hydrogen) atoms. The van der Waals surface area contributed by atoms with E-state index in [1.807, 2.05) is 63.2 Å². The number of oxazole rings is 1. The van der Waals surface area contributed by atoms with Crippen molar-refractivity contribution in [3.63, 3.8) is 0 Å². The third-order valence-electron chi connectivity index (χ3n) is 5.06. The Morgan fingerprint density at radius 1 is 1.03 bits per heavy atom. The van der Waals surface area contributed by atoms with E-state index in [9.17, 15) is 9.59 Å². The smallest absolute Gasteiger partial charge is 0.306 e. The van der Waals surface area contributed by atoms with Crippen LogP contribution in [0.25, 0.3) is 11.3 Å². The first kappa shape index (κ1) is 22.3. The van der Waals surface area contributed by atoms with Crippen molar-refractivity contribution in [1.29, 1.82) is 0 Å². The fraction of sp³-hybridized carbons (Fsp3) is 0.320. The molecule has 3 aromatic rings. The van der Waals surface area contributed by atoms with Crippen molar-refractivity contribution in [1.82, 2.24) is 4.98 Å². The van der Waals surface area contributed by atoms with Crippen LogP contribution in [-0.4, -0.2) is 23.5 Å². The Morgan fingerprint density at radius 3 is 2.35 bits per heavy atom. The topological polar surface area (TPSA) is 81.4 Å². The Kier molecular flexibility index (Phi) is 7.60. The van der Waals surface area contributed by atoms with Crippen molar-refractivity contribution in [2.24, 2.45) is 0 Å². The molecule has 6 heteroatoms. The van der Waals surface area contributed by atoms with Gasteiger partial charge in [-0.25, -0.2) is 4.98 Å². The zero-order chi connectivity index (χ0) is 22.2. The number of aromatic nitrogens is 1. The van der Waals surface area contributed by atoms with Gasteiger partial charge in [-0.2, -0.15) is 0 Å². The largest absolute Gasteiger partial charge is 0.456 e. The van der Waals surface area contributed by atoms with E-state index in [1.54, 1.807) is 6.20 Å². The number of aryl methyl sites for hydroxylation is 4. The first-order valence-electron chi connectivity index (χ1n) is 10.6. The molecule has 3 rings (SSSR count). The molecule has 2 aromatic carbocycles. The summed E-state index contributed by atoms with van der Waals surface area (Å²) >= 11 is 0. The summed E-state index contributed by atoms with van der Waals surface area (Å²) < 4.78 is 10.8. The monoisotopic (exact) mass is 420 g/mol. The van der Waals surface area contributed by atoms with Gasteiger partial charge in [0, 0.05) is 17.7 Å². The van der Waals surface area contributed by atoms with Crippen LogP contribution in [0.2, 0.25) is 0 Å². The number of carbonyl (C=O) groups is 2. The summed E-state index contributed by atoms with van der Waals surface area (Å²) in [5.41, 5.74) is 5.04. The lowest BCUT2D eigenvalue weighted by Gasteiger charge is -2.14. The van der Waals surface area contributed by atoms with Gasteiger partial charge in [-0.1, -0.05) is 61.9 Å². The highest BCUT2D eigenvalue weighted by Gasteiger charge is 2.14. The lowest BCUT2D eigenvalue weighted by atomic mass is 10.0. The summed E-state index contributed by atoms with van der Waals surface area (Å²) in [6, 6.07) is 13.9. The van der Waals surface area contributed by atoms with Gasteiger partial charge in [0.05, 0.1) is 12.6 Å². The fourth-order valence-electron chi connectivity index (χ4n) is 3.28. The molecule has 0 saturated heterocycles. The van der Waals surface area contributed by atoms with Crippen molar-refractivity contribution in [2.75, 3.05) is 11.9 Å². The summed E-state index contributed by atoms with van der Waals surface area (Å²) in [7, 11) is 0. The maximum absolute atomic E-state index is 12.3. The third-order valence-corrected chi connectivity index (χ3v) is 5.06. The minimum atomic E-state index is -0.468. The van der Waals surface area contributed by atoms with Crippen LogP contribution in [0.15, 0.2) is 53.1 Å². The first-order chi connectivity index (χ1) is 15.0. The van der Waals surface area contributed by atoms with Crippen molar-refractivity contribution in [3.05, 3.63) is 71.2 Å². The van der Waals surface area contributed by atoms with Crippen molar-refractivity contribution in [2.45, 2.75) is 46.5 Å². The van der Waals surface area contributed by atoms with Gasteiger partial charge in [-0.3, -0.25) is 9.59 Å². The number of para-hydroxylation sites is 1. The molecule has 6 nitrogen and oxygen atoms in total. The average Bonchev–Trinajstić information content (AvgIpc) is 3.26. The summed E-state index contributed by atoms with van der Waals surface area (Å²) in [5, 5.41) is 2.89. The Morgan fingerprint density at radius 2 is 1.71 bits per heavy atom. The SMILES string of the molecule is CCc1cccc(CC)c1NC(=O)COC(=O)CCc1ncc(-c2ccc(C)cc2)o1. The van der Waals surface area contributed by atoms with Crippen LogP contribution in [0, 0.1) is 6.92 Å². The van der Waals surface area contributed by atoms with Crippen LogP contribution in [0.4, 0.5) is 5.69 Å². The molecule has 0 fully saturated rings. The van der Waals surface area contributed by atoms with Crippen molar-refractivity contribution >= 4 is 17.6 Å². The molecule has 1 N–H and O–H groups in total. The van der Waals surface area contributed by atoms with E-state index in [-0.39, 0.29) is 18.9 Å². The second-order valence-electron chi connectivity index (χ2n) is 7.35. The van der Waals surface area contributed by atoms with Crippen LogP contribution < -0.4 is 5.32 Å². The molecule has 1 aromatic heterocycles. The van der Waals surface area contributed by atoms with E-state index in [2.05, 4.69) is 10.3 Å². The van der Waals surface area contributed by atoms with Crippen LogP contribution in [0.5, 0.6) is 0 Å². The van der Waals surface area contributed by atoms with Gasteiger partial charge >= 0.3 is 5.97 Å². The van der Waals surface area contributed by atoms with Gasteiger partial charge in [-0.05, 0) is 30.9 Å². The molecular formula is C25H28N2O4. The van der Waals surface area contributed by atoms with Gasteiger partial charge in [0.15, 0.2) is 18.3 Å². The van der Waals surface area contributed by atoms with Crippen LogP contribution in [0.3, 0.4) is 0 Å². The maximum Gasteiger partial charge on any atom is 0.306 e. The summed E-state index contributed by atoms with van der Waals surface area (Å²) in [6.07, 6.45) is 3.67. The van der Waals surface area contributed by atoms with E-state index in [4.69, 9.17) is 9.15 Å². The maximum atomic E-state index is 12.3. The van der Waals surface area contributed by atoms with Crippen LogP contribution in [0.1, 0.15) is 42.8 Å². The predicted molar refractivity (Wildman–Crippen MR) is 120 cm³/mol. The molecular weight excluding hydrogens is 392 g/mol. The number of nitrogens with zero attached hydrogens (tertiary/aromatic N) is 1. The van der Waals surface area contributed by atoms with E-state index < -0.39 is 5.97 Å². The number of ether oxygens (including phenoxy) is 1. The molecule has 0 aliphatic rings. The number of nitrogens with one attached hydrogen (secondary N) is 1. The molecule has 162 valence electrons. The number of amides is 1. The summed E-state index contributed by atoms with van der Waals surface area (Å²) in [4.78, 5) is 28.6. The van der Waals surface area contributed by atoms with E-state index in [0.29, 0.717) is 18.1 Å². The number of rotatable bonds is 9. The second kappa shape index (κ2) is 10.6. The lowest BCUT2D eigenvalue weighted by Crippen LogP contribution is -2.22. The fourth-order valence-corrected chi connectivity index (χ4v) is 3.28. The highest BCUT2D eigenvalue weighted by Crippen LogP contribution is 2.23. The quantitative estimate of drug-likeness (QED) is 0.499. The van der Waals surface area contributed by atoms with Gasteiger partial charge in [0.2, 0.25) is 0 Å². The summed E-state index contributed by atoms with van der Waals surface area (Å²) in [6.45, 7) is 5.78. The molecule has 0 atom stereocenters. The number of anilines is 1. The highest BCUT2D eigenvalue weighted by atomic mass is 16.5. The summed E-state index contributed by atoms with van der Waals surface area (Å²) in [5.74, 6) is 0.303. The Bertz CT molecular complexity index is 1020. The van der Waals surface area contributed by atoms with Gasteiger partial charge in [0.25, 0.3) is 5.91 Å². The molecule has 0 aliphatic heterocycles. The molecule has 0 radical (unpaired) electrons. The minimum Gasteiger partial charge on any atom is -0.456 e. The molecule has 0 spiro atoms. The normalized spacial score (nSPS) is 10.7. The molecule has 0 bridgehead atoms. The van der Waals surface area contributed by atoms with E-state index >= 15 is 0 Å². The molecule has 0 saturated carbocycles. The molecule has 0 unspecified atom stereocenters. The Labute approximate surface area is 182 Å². The average molecular weight is 421 g/mol. The van der Waals surface area contributed by atoms with Crippen LogP contribution >= 0.6 is 0 Å². The van der Waals surface area contributed by atoms with Gasteiger partial charge in [0.1, 0.15) is 0 Å². The Balaban J connectivity index is 1.48. The number of esters is 1. The second-order valence-corrected chi connectivity index (χ2v) is 7.35. The number of benzene rings is 2. The van der Waals surface area contributed by atoms with E-state index in [0.717, 1.165) is 35.2 Å². The third kappa shape index (κ3) is 6.04. The number of hydrogen-bond donors (Lipinski definition) is 1. The van der Waals surface area contributed by atoms with Crippen molar-refractivity contribution in [3.8, 4) is 11.3 Å². The first-order valence-corrected chi connectivity index (χ1v) is 10.6. The lowest BCUT2D eigenvalue weighted by molar-refractivity contribution is -0.147. The highest BCUT2D eigenvalue weighted by molar-refractivity contribution is 5.94. The van der Waals surface area contributed by atoms with Crippen LogP contribution in [-0.2, 0) is 33.6 Å². The van der Waals surface area contributed by atoms with Gasteiger partial charge in [-0.15, -0.1) is 0 Å². The zero-order valence-electron chi connectivity index (χ0n) is 18.2. The Hall–Kier alpha value is -3.41. The minimum absolute atomic E-state index is 0.0902. The molecule has 1 amide bonds. The molecule has 0 aliphatic carbocycles. The van der Waals surface area contributed by atoms with Crippen molar-refractivity contribution < 1.29 is 18.7 Å². The number of carbonyl (C=O) groups excluding carboxylic acids is 2. The van der Waals surface area contributed by atoms with Gasteiger partial charge < -0.3 is 14.5 Å². The zero-order valence-corrected chi connectivity index (χ0v) is 18.2. The standard InChI is InChI=1S/C25H28N2O4/c1-4-18-7-6-8-19(5-2)25(18)27-22(28)16-30-24(29)14-13-23-26-15-21(31-23)20-11-9-17(3)10-12-20/h6-12,15H,4-5,13-14,16H2,1-3H3,(H,27,28). The predicted octanol–water partition coefficient (Wildman–Crippen LogP) is 4.89.